The minimum Gasteiger partial charge on any atom is -0.459 e. The van der Waals surface area contributed by atoms with Gasteiger partial charge in [-0.15, -0.1) is 12.3 Å². The van der Waals surface area contributed by atoms with Crippen LogP contribution < -0.4 is 5.32 Å². The number of ether oxygens (including phenoxy) is 2. The highest BCUT2D eigenvalue weighted by Gasteiger charge is 2.21. The third-order valence-corrected chi connectivity index (χ3v) is 8.57. The predicted molar refractivity (Wildman–Crippen MR) is 171 cm³/mol. The van der Waals surface area contributed by atoms with Gasteiger partial charge in [0.25, 0.3) is 0 Å². The minimum absolute atomic E-state index is 0.163. The molecule has 0 bridgehead atoms. The molecule has 1 N–H and O–H groups in total. The summed E-state index contributed by atoms with van der Waals surface area (Å²) in [5, 5.41) is 3.51. The maximum Gasteiger partial charge on any atom is 0.320 e. The van der Waals surface area contributed by atoms with Gasteiger partial charge in [0.2, 0.25) is 0 Å². The first-order chi connectivity index (χ1) is 18.9. The molecule has 40 heavy (non-hydrogen) atoms. The normalized spacial score (nSPS) is 18.0. The Morgan fingerprint density at radius 1 is 0.750 bits per heavy atom. The van der Waals surface area contributed by atoms with Crippen LogP contribution in [0.1, 0.15) is 73.6 Å². The van der Waals surface area contributed by atoms with E-state index in [0.717, 1.165) is 103 Å². The van der Waals surface area contributed by atoms with Crippen LogP contribution in [0.15, 0.2) is 0 Å². The van der Waals surface area contributed by atoms with Crippen LogP contribution in [0, 0.1) is 12.3 Å². The fraction of sp³-hybridized carbons (Fsp3) is 0.867. The quantitative estimate of drug-likeness (QED) is 0.153. The van der Waals surface area contributed by atoms with Crippen molar-refractivity contribution in [1.82, 2.24) is 20.0 Å². The maximum atomic E-state index is 12.6. The van der Waals surface area contributed by atoms with Crippen LogP contribution in [-0.2, 0) is 19.1 Å². The smallest absolute Gasteiger partial charge is 0.320 e. The molecule has 0 aromatic rings. The Morgan fingerprint density at radius 2 is 1.27 bits per heavy atom. The average molecular weight is 601 g/mol. The van der Waals surface area contributed by atoms with Crippen molar-refractivity contribution in [3.8, 4) is 12.3 Å². The molecule has 0 aromatic carbocycles. The molecule has 0 aromatic heterocycles. The van der Waals surface area contributed by atoms with Crippen LogP contribution in [-0.4, -0.2) is 121 Å². The highest BCUT2D eigenvalue weighted by Crippen LogP contribution is 2.23. The van der Waals surface area contributed by atoms with Crippen molar-refractivity contribution < 1.29 is 19.1 Å². The number of esters is 2. The van der Waals surface area contributed by atoms with Crippen molar-refractivity contribution in [3.63, 3.8) is 0 Å². The van der Waals surface area contributed by atoms with E-state index in [0.29, 0.717) is 13.1 Å². The number of unbranched alkanes of at least 4 members (excludes halogenated alkanes) is 1. The topological polar surface area (TPSA) is 74.4 Å². The van der Waals surface area contributed by atoms with Crippen LogP contribution in [0.3, 0.4) is 0 Å². The lowest BCUT2D eigenvalue weighted by Gasteiger charge is -2.30. The number of nitrogens with zero attached hydrogens (tertiary/aromatic N) is 3. The summed E-state index contributed by atoms with van der Waals surface area (Å²) < 4.78 is 11.2. The van der Waals surface area contributed by atoms with Crippen molar-refractivity contribution >= 4 is 33.5 Å². The summed E-state index contributed by atoms with van der Waals surface area (Å²) in [5.74, 6) is 4.58. The van der Waals surface area contributed by atoms with Gasteiger partial charge in [-0.3, -0.25) is 19.4 Å². The molecule has 232 valence electrons. The van der Waals surface area contributed by atoms with Gasteiger partial charge in [0, 0.05) is 50.7 Å². The molecule has 0 spiro atoms. The zero-order valence-corrected chi connectivity index (χ0v) is 27.7. The van der Waals surface area contributed by atoms with E-state index in [2.05, 4.69) is 25.9 Å². The lowest BCUT2D eigenvalue weighted by atomic mass is 10.2. The van der Waals surface area contributed by atoms with Crippen LogP contribution in [0.4, 0.5) is 0 Å². The molecule has 10 heteroatoms. The van der Waals surface area contributed by atoms with E-state index in [9.17, 15) is 9.59 Å². The molecule has 0 atom stereocenters. The van der Waals surface area contributed by atoms with Crippen molar-refractivity contribution in [2.75, 3.05) is 83.5 Å². The molecule has 0 radical (unpaired) electrons. The van der Waals surface area contributed by atoms with Gasteiger partial charge in [0.1, 0.15) is 11.2 Å². The molecule has 1 rings (SSSR count). The summed E-state index contributed by atoms with van der Waals surface area (Å²) in [6.07, 6.45) is 10.3. The molecule has 1 aliphatic heterocycles. The molecule has 1 saturated heterocycles. The van der Waals surface area contributed by atoms with Crippen molar-refractivity contribution in [3.05, 3.63) is 0 Å². The zero-order chi connectivity index (χ0) is 29.9. The van der Waals surface area contributed by atoms with Crippen LogP contribution >= 0.6 is 21.6 Å². The Bertz CT molecular complexity index is 749. The van der Waals surface area contributed by atoms with Gasteiger partial charge in [-0.05, 0) is 93.4 Å². The number of carbonyl (C=O) groups is 2. The molecular weight excluding hydrogens is 544 g/mol. The fourth-order valence-corrected chi connectivity index (χ4v) is 6.44. The Labute approximate surface area is 252 Å². The molecule has 0 amide bonds. The summed E-state index contributed by atoms with van der Waals surface area (Å²) >= 11 is 0. The first kappa shape index (κ1) is 37.1. The minimum atomic E-state index is -0.477. The Morgan fingerprint density at radius 3 is 1.88 bits per heavy atom. The fourth-order valence-electron chi connectivity index (χ4n) is 4.28. The average Bonchev–Trinajstić information content (AvgIpc) is 2.82. The molecule has 1 aliphatic rings. The van der Waals surface area contributed by atoms with Gasteiger partial charge in [-0.1, -0.05) is 21.6 Å². The standard InChI is InChI=1S/C30H56N4O4S2/c1-8-9-10-23-39-40-24-13-19-32-17-12-18-33(25-27(35)37-29(2,3)4)20-15-31-14-11-16-34(22-21-32)26-28(36)38-30(5,6)7/h1,31H,9-26H2,2-7H3. The summed E-state index contributed by atoms with van der Waals surface area (Å²) in [5.41, 5.74) is -0.952. The monoisotopic (exact) mass is 600 g/mol. The highest BCUT2D eigenvalue weighted by atomic mass is 33.1. The van der Waals surface area contributed by atoms with Crippen molar-refractivity contribution in [1.29, 1.82) is 0 Å². The second kappa shape index (κ2) is 20.8. The highest BCUT2D eigenvalue weighted by molar-refractivity contribution is 8.76. The van der Waals surface area contributed by atoms with Crippen LogP contribution in [0.25, 0.3) is 0 Å². The molecular formula is C30H56N4O4S2. The number of rotatable bonds is 12. The largest absolute Gasteiger partial charge is 0.459 e. The van der Waals surface area contributed by atoms with Gasteiger partial charge in [-0.2, -0.15) is 0 Å². The lowest BCUT2D eigenvalue weighted by Crippen LogP contribution is -2.43. The van der Waals surface area contributed by atoms with Crippen LogP contribution in [0.5, 0.6) is 0 Å². The summed E-state index contributed by atoms with van der Waals surface area (Å²) in [6, 6.07) is 0. The molecule has 1 heterocycles. The van der Waals surface area contributed by atoms with E-state index >= 15 is 0 Å². The Hall–Kier alpha value is -0.960. The van der Waals surface area contributed by atoms with E-state index in [-0.39, 0.29) is 11.9 Å². The van der Waals surface area contributed by atoms with Crippen molar-refractivity contribution in [2.45, 2.75) is 84.8 Å². The van der Waals surface area contributed by atoms with E-state index in [4.69, 9.17) is 15.9 Å². The molecule has 1 fully saturated rings. The van der Waals surface area contributed by atoms with Gasteiger partial charge >= 0.3 is 11.9 Å². The van der Waals surface area contributed by atoms with Gasteiger partial charge < -0.3 is 19.7 Å². The lowest BCUT2D eigenvalue weighted by molar-refractivity contribution is -0.157. The third kappa shape index (κ3) is 21.7. The summed E-state index contributed by atoms with van der Waals surface area (Å²) in [7, 11) is 3.84. The van der Waals surface area contributed by atoms with Gasteiger partial charge in [0.05, 0.1) is 13.1 Å². The summed E-state index contributed by atoms with van der Waals surface area (Å²) in [4.78, 5) is 32.1. The van der Waals surface area contributed by atoms with E-state index in [1.165, 1.54) is 0 Å². The number of hydrogen-bond donors (Lipinski definition) is 1. The zero-order valence-electron chi connectivity index (χ0n) is 26.1. The second-order valence-corrected chi connectivity index (χ2v) is 15.0. The Kier molecular flexibility index (Phi) is 19.3. The number of hydrogen-bond acceptors (Lipinski definition) is 10. The molecule has 0 unspecified atom stereocenters. The van der Waals surface area contributed by atoms with Crippen LogP contribution in [0.2, 0.25) is 0 Å². The van der Waals surface area contributed by atoms with Crippen molar-refractivity contribution in [2.24, 2.45) is 0 Å². The number of terminal acetylenes is 1. The Balaban J connectivity index is 2.73. The first-order valence-electron chi connectivity index (χ1n) is 14.9. The first-order valence-corrected chi connectivity index (χ1v) is 17.4. The molecule has 0 aliphatic carbocycles. The second-order valence-electron chi connectivity index (χ2n) is 12.3. The SMILES string of the molecule is C#CCCCSSCCCN1CCCN(CC(=O)OC(C)(C)C)CCNCCCN(CC(=O)OC(C)(C)C)CC1. The third-order valence-electron chi connectivity index (χ3n) is 5.99. The van der Waals surface area contributed by atoms with E-state index in [1.54, 1.807) is 0 Å². The molecule has 0 saturated carbocycles. The predicted octanol–water partition coefficient (Wildman–Crippen LogP) is 4.14. The number of nitrogens with one attached hydrogen (secondary N) is 1. The molecule has 8 nitrogen and oxygen atoms in total. The van der Waals surface area contributed by atoms with Gasteiger partial charge in [-0.25, -0.2) is 0 Å². The van der Waals surface area contributed by atoms with Gasteiger partial charge in [0.15, 0.2) is 0 Å². The number of carbonyl (C=O) groups excluding carboxylic acids is 2. The summed E-state index contributed by atoms with van der Waals surface area (Å²) in [6.45, 7) is 20.0. The van der Waals surface area contributed by atoms with E-state index < -0.39 is 11.2 Å². The maximum absolute atomic E-state index is 12.6. The van der Waals surface area contributed by atoms with E-state index in [1.807, 2.05) is 63.1 Å².